The molecule has 0 radical (unpaired) electrons. The van der Waals surface area contributed by atoms with Crippen molar-refractivity contribution in [2.75, 3.05) is 6.61 Å². The van der Waals surface area contributed by atoms with Gasteiger partial charge in [0.2, 0.25) is 0 Å². The second kappa shape index (κ2) is 6.02. The van der Waals surface area contributed by atoms with Crippen molar-refractivity contribution < 1.29 is 23.7 Å². The molecule has 1 aliphatic heterocycles. The number of rotatable bonds is 5. The molecule has 1 atom stereocenters. The van der Waals surface area contributed by atoms with Crippen molar-refractivity contribution in [2.45, 2.75) is 18.9 Å². The summed E-state index contributed by atoms with van der Waals surface area (Å²) in [6.45, 7) is 0.682. The number of aliphatic carboxylic acids is 1. The van der Waals surface area contributed by atoms with Gasteiger partial charge in [0, 0.05) is 18.1 Å². The number of nitrogens with zero attached hydrogens (tertiary/aromatic N) is 3. The van der Waals surface area contributed by atoms with Crippen LogP contribution in [0.4, 0.5) is 0 Å². The van der Waals surface area contributed by atoms with E-state index < -0.39 is 12.0 Å². The van der Waals surface area contributed by atoms with Gasteiger partial charge in [-0.2, -0.15) is 4.98 Å². The predicted octanol–water partition coefficient (Wildman–Crippen LogP) is 1.80. The fraction of sp³-hybridized carbons (Fsp3) is 0.250. The van der Waals surface area contributed by atoms with Crippen molar-refractivity contribution in [3.8, 4) is 28.7 Å². The maximum Gasteiger partial charge on any atom is 0.305 e. The zero-order valence-electron chi connectivity index (χ0n) is 13.0. The number of fused-ring (bicyclic) bond motifs is 1. The average Bonchev–Trinajstić information content (AvgIpc) is 3.32. The number of ether oxygens (including phenoxy) is 1. The van der Waals surface area contributed by atoms with Gasteiger partial charge in [-0.1, -0.05) is 10.3 Å². The van der Waals surface area contributed by atoms with Crippen LogP contribution in [0.25, 0.3) is 22.9 Å². The van der Waals surface area contributed by atoms with Crippen molar-refractivity contribution in [3.05, 3.63) is 35.7 Å². The number of carboxylic acid groups (broad SMARTS) is 1. The van der Waals surface area contributed by atoms with Crippen LogP contribution in [0.3, 0.4) is 0 Å². The van der Waals surface area contributed by atoms with Crippen molar-refractivity contribution in [2.24, 2.45) is 5.73 Å². The number of hydrogen-bond donors (Lipinski definition) is 2. The summed E-state index contributed by atoms with van der Waals surface area (Å²) < 4.78 is 15.9. The minimum absolute atomic E-state index is 0.108. The molecule has 0 spiro atoms. The van der Waals surface area contributed by atoms with Gasteiger partial charge in [-0.25, -0.2) is 0 Å². The first-order valence-electron chi connectivity index (χ1n) is 7.64. The summed E-state index contributed by atoms with van der Waals surface area (Å²) >= 11 is 0. The third-order valence-corrected chi connectivity index (χ3v) is 3.87. The van der Waals surface area contributed by atoms with Crippen molar-refractivity contribution in [1.82, 2.24) is 15.3 Å². The molecule has 3 N–H and O–H groups in total. The molecular weight excluding hydrogens is 328 g/mol. The fourth-order valence-electron chi connectivity index (χ4n) is 2.62. The van der Waals surface area contributed by atoms with E-state index in [1.165, 1.54) is 0 Å². The number of hydrogen-bond acceptors (Lipinski definition) is 8. The molecule has 0 saturated carbocycles. The first-order chi connectivity index (χ1) is 12.1. The highest BCUT2D eigenvalue weighted by Crippen LogP contribution is 2.32. The number of carbonyl (C=O) groups is 1. The van der Waals surface area contributed by atoms with Gasteiger partial charge >= 0.3 is 5.97 Å². The molecule has 9 nitrogen and oxygen atoms in total. The van der Waals surface area contributed by atoms with Crippen molar-refractivity contribution in [1.29, 1.82) is 0 Å². The van der Waals surface area contributed by atoms with Crippen LogP contribution in [-0.4, -0.2) is 33.0 Å². The first-order valence-corrected chi connectivity index (χ1v) is 7.64. The zero-order chi connectivity index (χ0) is 17.4. The minimum atomic E-state index is -1.04. The smallest absolute Gasteiger partial charge is 0.305 e. The third-order valence-electron chi connectivity index (χ3n) is 3.87. The van der Waals surface area contributed by atoms with E-state index in [0.29, 0.717) is 18.1 Å². The van der Waals surface area contributed by atoms with Gasteiger partial charge in [0.25, 0.3) is 5.89 Å². The Morgan fingerprint density at radius 3 is 3.00 bits per heavy atom. The molecule has 0 saturated heterocycles. The fourth-order valence-corrected chi connectivity index (χ4v) is 2.62. The highest BCUT2D eigenvalue weighted by Gasteiger charge is 2.21. The quantitative estimate of drug-likeness (QED) is 0.710. The minimum Gasteiger partial charge on any atom is -0.493 e. The molecule has 0 bridgehead atoms. The Labute approximate surface area is 141 Å². The van der Waals surface area contributed by atoms with E-state index in [4.69, 9.17) is 24.6 Å². The lowest BCUT2D eigenvalue weighted by atomic mass is 10.1. The van der Waals surface area contributed by atoms with E-state index in [-0.39, 0.29) is 18.1 Å². The van der Waals surface area contributed by atoms with E-state index in [0.717, 1.165) is 23.3 Å². The molecule has 1 aromatic carbocycles. The molecule has 3 aromatic rings. The van der Waals surface area contributed by atoms with Crippen LogP contribution in [0.5, 0.6) is 5.75 Å². The van der Waals surface area contributed by atoms with Crippen LogP contribution in [0, 0.1) is 0 Å². The topological polar surface area (TPSA) is 138 Å². The Hall–Kier alpha value is -3.20. The molecule has 9 heteroatoms. The van der Waals surface area contributed by atoms with Gasteiger partial charge < -0.3 is 24.6 Å². The number of carboxylic acids is 1. The van der Waals surface area contributed by atoms with Crippen LogP contribution in [0.1, 0.15) is 23.9 Å². The van der Waals surface area contributed by atoms with E-state index in [1.807, 2.05) is 18.2 Å². The SMILES string of the molecule is N[C@@H](CC(=O)O)c1noc(-c2cc(-c3ccc4c(c3)CCO4)on2)n1. The van der Waals surface area contributed by atoms with Crippen LogP contribution in [0.15, 0.2) is 33.3 Å². The molecule has 0 unspecified atom stereocenters. The maximum absolute atomic E-state index is 10.7. The summed E-state index contributed by atoms with van der Waals surface area (Å²) in [7, 11) is 0. The molecule has 1 aliphatic rings. The van der Waals surface area contributed by atoms with Crippen LogP contribution in [0.2, 0.25) is 0 Å². The molecule has 0 amide bonds. The van der Waals surface area contributed by atoms with E-state index in [1.54, 1.807) is 6.07 Å². The Bertz CT molecular complexity index is 932. The third kappa shape index (κ3) is 2.96. The summed E-state index contributed by atoms with van der Waals surface area (Å²) in [6, 6.07) is 6.61. The van der Waals surface area contributed by atoms with Gasteiger partial charge in [-0.05, 0) is 23.8 Å². The summed E-state index contributed by atoms with van der Waals surface area (Å²) in [4.78, 5) is 14.8. The Kier molecular flexibility index (Phi) is 3.69. The molecule has 25 heavy (non-hydrogen) atoms. The number of nitrogens with two attached hydrogens (primary N) is 1. The van der Waals surface area contributed by atoms with E-state index >= 15 is 0 Å². The highest BCUT2D eigenvalue weighted by atomic mass is 16.5. The van der Waals surface area contributed by atoms with Crippen LogP contribution >= 0.6 is 0 Å². The second-order valence-electron chi connectivity index (χ2n) is 5.66. The number of benzene rings is 1. The van der Waals surface area contributed by atoms with Gasteiger partial charge in [0.1, 0.15) is 5.75 Å². The average molecular weight is 342 g/mol. The molecule has 3 heterocycles. The molecule has 128 valence electrons. The molecule has 0 aliphatic carbocycles. The van der Waals surface area contributed by atoms with Crippen LogP contribution in [-0.2, 0) is 11.2 Å². The van der Waals surface area contributed by atoms with Crippen molar-refractivity contribution in [3.63, 3.8) is 0 Å². The normalized spacial score (nSPS) is 14.1. The lowest BCUT2D eigenvalue weighted by Crippen LogP contribution is -2.16. The lowest BCUT2D eigenvalue weighted by molar-refractivity contribution is -0.137. The van der Waals surface area contributed by atoms with Gasteiger partial charge in [0.05, 0.1) is 19.1 Å². The van der Waals surface area contributed by atoms with Gasteiger partial charge in [-0.3, -0.25) is 4.79 Å². The Morgan fingerprint density at radius 2 is 2.16 bits per heavy atom. The summed E-state index contributed by atoms with van der Waals surface area (Å²) in [6.07, 6.45) is 0.568. The Balaban J connectivity index is 1.57. The number of aromatic nitrogens is 3. The first kappa shape index (κ1) is 15.3. The standard InChI is InChI=1S/C16H14N4O5/c17-10(6-14(21)22)15-18-16(25-20-15)11-7-13(24-19-11)8-1-2-12-9(5-8)3-4-23-12/h1-2,5,7,10H,3-4,6,17H2,(H,21,22)/t10-/m0/s1. The second-order valence-corrected chi connectivity index (χ2v) is 5.66. The molecular formula is C16H14N4O5. The largest absolute Gasteiger partial charge is 0.493 e. The van der Waals surface area contributed by atoms with Crippen molar-refractivity contribution >= 4 is 5.97 Å². The zero-order valence-corrected chi connectivity index (χ0v) is 13.0. The van der Waals surface area contributed by atoms with Gasteiger partial charge in [0.15, 0.2) is 17.3 Å². The van der Waals surface area contributed by atoms with Crippen LogP contribution < -0.4 is 10.5 Å². The molecule has 0 fully saturated rings. The predicted molar refractivity (Wildman–Crippen MR) is 83.6 cm³/mol. The molecule has 4 rings (SSSR count). The summed E-state index contributed by atoms with van der Waals surface area (Å²) in [5.74, 6) is 0.631. The summed E-state index contributed by atoms with van der Waals surface area (Å²) in [5.41, 5.74) is 8.06. The Morgan fingerprint density at radius 1 is 1.28 bits per heavy atom. The molecule has 2 aromatic heterocycles. The van der Waals surface area contributed by atoms with Gasteiger partial charge in [-0.15, -0.1) is 0 Å². The van der Waals surface area contributed by atoms with E-state index in [9.17, 15) is 4.79 Å². The maximum atomic E-state index is 10.7. The highest BCUT2D eigenvalue weighted by molar-refractivity contribution is 5.68. The lowest BCUT2D eigenvalue weighted by Gasteiger charge is -2.00. The monoisotopic (exact) mass is 342 g/mol. The van der Waals surface area contributed by atoms with E-state index in [2.05, 4.69) is 15.3 Å². The summed E-state index contributed by atoms with van der Waals surface area (Å²) in [5, 5.41) is 16.4.